The number of carbonyl (C=O) groups is 1. The maximum absolute atomic E-state index is 11.6. The summed E-state index contributed by atoms with van der Waals surface area (Å²) in [6, 6.07) is 0. The third kappa shape index (κ3) is 2.10. The predicted molar refractivity (Wildman–Crippen MR) is 63.2 cm³/mol. The zero-order chi connectivity index (χ0) is 12.4. The van der Waals surface area contributed by atoms with Crippen LogP contribution in [-0.4, -0.2) is 21.8 Å². The van der Waals surface area contributed by atoms with Crippen molar-refractivity contribution in [1.82, 2.24) is 0 Å². The Balaban J connectivity index is 3.06. The Bertz CT molecular complexity index is 248. The summed E-state index contributed by atoms with van der Waals surface area (Å²) >= 11 is 0. The van der Waals surface area contributed by atoms with Crippen molar-refractivity contribution in [3.05, 3.63) is 0 Å². The first kappa shape index (κ1) is 13.5. The monoisotopic (exact) mass is 228 g/mol. The minimum atomic E-state index is -1.16. The van der Waals surface area contributed by atoms with E-state index in [1.165, 1.54) is 6.42 Å². The van der Waals surface area contributed by atoms with E-state index in [0.717, 1.165) is 25.7 Å². The van der Waals surface area contributed by atoms with Crippen LogP contribution in [0, 0.1) is 11.3 Å². The van der Waals surface area contributed by atoms with E-state index in [1.807, 2.05) is 6.92 Å². The van der Waals surface area contributed by atoms with Gasteiger partial charge >= 0.3 is 5.97 Å². The first-order valence-electron chi connectivity index (χ1n) is 6.32. The second-order valence-corrected chi connectivity index (χ2v) is 5.52. The molecule has 94 valence electrons. The van der Waals surface area contributed by atoms with Gasteiger partial charge in [-0.3, -0.25) is 4.79 Å². The topological polar surface area (TPSA) is 57.5 Å². The Hall–Kier alpha value is -0.570. The largest absolute Gasteiger partial charge is 0.481 e. The average Bonchev–Trinajstić information content (AvgIpc) is 2.18. The molecule has 16 heavy (non-hydrogen) atoms. The molecule has 1 rings (SSSR count). The molecule has 0 aromatic heterocycles. The lowest BCUT2D eigenvalue weighted by atomic mass is 9.59. The van der Waals surface area contributed by atoms with Gasteiger partial charge in [0.25, 0.3) is 0 Å². The summed E-state index contributed by atoms with van der Waals surface area (Å²) in [5.74, 6) is -0.724. The SMILES string of the molecule is CCC(C(=O)O)(C1CCCCC1)C(C)(C)O. The molecule has 1 unspecified atom stereocenters. The van der Waals surface area contributed by atoms with Crippen LogP contribution in [0.15, 0.2) is 0 Å². The van der Waals surface area contributed by atoms with Crippen LogP contribution in [0.1, 0.15) is 59.3 Å². The molecule has 0 aliphatic heterocycles. The summed E-state index contributed by atoms with van der Waals surface area (Å²) < 4.78 is 0. The molecule has 2 N–H and O–H groups in total. The summed E-state index contributed by atoms with van der Waals surface area (Å²) in [7, 11) is 0. The van der Waals surface area contributed by atoms with Gasteiger partial charge in [0, 0.05) is 0 Å². The van der Waals surface area contributed by atoms with E-state index < -0.39 is 17.0 Å². The molecule has 3 heteroatoms. The van der Waals surface area contributed by atoms with Crippen molar-refractivity contribution in [1.29, 1.82) is 0 Å². The van der Waals surface area contributed by atoms with Crippen molar-refractivity contribution in [2.45, 2.75) is 64.9 Å². The molecule has 3 nitrogen and oxygen atoms in total. The van der Waals surface area contributed by atoms with Crippen LogP contribution in [0.2, 0.25) is 0 Å². The van der Waals surface area contributed by atoms with Gasteiger partial charge in [0.2, 0.25) is 0 Å². The van der Waals surface area contributed by atoms with Crippen LogP contribution in [-0.2, 0) is 4.79 Å². The van der Waals surface area contributed by atoms with Crippen LogP contribution in [0.4, 0.5) is 0 Å². The van der Waals surface area contributed by atoms with Gasteiger partial charge in [0.1, 0.15) is 0 Å². The Kier molecular flexibility index (Phi) is 4.00. The van der Waals surface area contributed by atoms with Crippen molar-refractivity contribution in [2.24, 2.45) is 11.3 Å². The van der Waals surface area contributed by atoms with Gasteiger partial charge in [-0.05, 0) is 39.0 Å². The fourth-order valence-electron chi connectivity index (χ4n) is 3.40. The van der Waals surface area contributed by atoms with Gasteiger partial charge in [-0.25, -0.2) is 0 Å². The molecule has 1 aliphatic carbocycles. The number of rotatable bonds is 4. The number of hydrogen-bond donors (Lipinski definition) is 2. The predicted octanol–water partition coefficient (Wildman–Crippen LogP) is 2.82. The molecule has 1 fully saturated rings. The van der Waals surface area contributed by atoms with Gasteiger partial charge < -0.3 is 10.2 Å². The summed E-state index contributed by atoms with van der Waals surface area (Å²) in [6.45, 7) is 5.15. The highest BCUT2D eigenvalue weighted by Gasteiger charge is 2.54. The molecule has 0 spiro atoms. The minimum Gasteiger partial charge on any atom is -0.481 e. The second kappa shape index (κ2) is 4.74. The summed E-state index contributed by atoms with van der Waals surface area (Å²) in [5.41, 5.74) is -2.14. The number of carboxylic acid groups (broad SMARTS) is 1. The third-order valence-electron chi connectivity index (χ3n) is 4.33. The third-order valence-corrected chi connectivity index (χ3v) is 4.33. The standard InChI is InChI=1S/C13H24O3/c1-4-13(11(14)15,12(2,3)16)10-8-6-5-7-9-10/h10,16H,4-9H2,1-3H3,(H,14,15). The molecular weight excluding hydrogens is 204 g/mol. The van der Waals surface area contributed by atoms with Crippen molar-refractivity contribution < 1.29 is 15.0 Å². The smallest absolute Gasteiger partial charge is 0.312 e. The molecule has 0 amide bonds. The van der Waals surface area contributed by atoms with E-state index in [0.29, 0.717) is 6.42 Å². The van der Waals surface area contributed by atoms with Gasteiger partial charge in [-0.2, -0.15) is 0 Å². The molecule has 0 saturated heterocycles. The van der Waals surface area contributed by atoms with E-state index in [4.69, 9.17) is 0 Å². The van der Waals surface area contributed by atoms with Crippen LogP contribution >= 0.6 is 0 Å². The Morgan fingerprint density at radius 2 is 1.75 bits per heavy atom. The molecule has 0 radical (unpaired) electrons. The van der Waals surface area contributed by atoms with Crippen LogP contribution in [0.3, 0.4) is 0 Å². The Morgan fingerprint density at radius 3 is 2.06 bits per heavy atom. The number of aliphatic hydroxyl groups is 1. The fraction of sp³-hybridized carbons (Fsp3) is 0.923. The highest BCUT2D eigenvalue weighted by molar-refractivity contribution is 5.76. The molecule has 1 atom stereocenters. The molecule has 0 aromatic carbocycles. The quantitative estimate of drug-likeness (QED) is 0.778. The van der Waals surface area contributed by atoms with Gasteiger partial charge in [-0.1, -0.05) is 26.2 Å². The molecule has 1 aliphatic rings. The van der Waals surface area contributed by atoms with Gasteiger partial charge in [0.15, 0.2) is 0 Å². The van der Waals surface area contributed by atoms with Crippen LogP contribution in [0.25, 0.3) is 0 Å². The number of hydrogen-bond acceptors (Lipinski definition) is 2. The highest BCUT2D eigenvalue weighted by atomic mass is 16.4. The summed E-state index contributed by atoms with van der Waals surface area (Å²) in [4.78, 5) is 11.6. The highest BCUT2D eigenvalue weighted by Crippen LogP contribution is 2.48. The van der Waals surface area contributed by atoms with Crippen molar-refractivity contribution in [3.8, 4) is 0 Å². The van der Waals surface area contributed by atoms with Crippen molar-refractivity contribution in [3.63, 3.8) is 0 Å². The summed E-state index contributed by atoms with van der Waals surface area (Å²) in [6.07, 6.45) is 5.75. The van der Waals surface area contributed by atoms with E-state index >= 15 is 0 Å². The fourth-order valence-corrected chi connectivity index (χ4v) is 3.40. The van der Waals surface area contributed by atoms with Crippen molar-refractivity contribution >= 4 is 5.97 Å². The molecule has 0 bridgehead atoms. The molecular formula is C13H24O3. The number of carboxylic acids is 1. The lowest BCUT2D eigenvalue weighted by molar-refractivity contribution is -0.177. The first-order chi connectivity index (χ1) is 7.36. The minimum absolute atomic E-state index is 0.115. The molecule has 0 heterocycles. The lowest BCUT2D eigenvalue weighted by Gasteiger charge is -2.46. The Labute approximate surface area is 97.9 Å². The first-order valence-corrected chi connectivity index (χ1v) is 6.32. The summed E-state index contributed by atoms with van der Waals surface area (Å²) in [5, 5.41) is 19.8. The van der Waals surface area contributed by atoms with Crippen LogP contribution in [0.5, 0.6) is 0 Å². The van der Waals surface area contributed by atoms with E-state index in [1.54, 1.807) is 13.8 Å². The normalized spacial score (nSPS) is 22.8. The van der Waals surface area contributed by atoms with Crippen LogP contribution < -0.4 is 0 Å². The lowest BCUT2D eigenvalue weighted by Crippen LogP contribution is -2.54. The molecule has 1 saturated carbocycles. The van der Waals surface area contributed by atoms with Crippen molar-refractivity contribution in [2.75, 3.05) is 0 Å². The second-order valence-electron chi connectivity index (χ2n) is 5.52. The average molecular weight is 228 g/mol. The zero-order valence-electron chi connectivity index (χ0n) is 10.6. The maximum Gasteiger partial charge on any atom is 0.312 e. The van der Waals surface area contributed by atoms with Gasteiger partial charge in [0.05, 0.1) is 11.0 Å². The molecule has 0 aromatic rings. The van der Waals surface area contributed by atoms with E-state index in [-0.39, 0.29) is 5.92 Å². The van der Waals surface area contributed by atoms with E-state index in [2.05, 4.69) is 0 Å². The zero-order valence-corrected chi connectivity index (χ0v) is 10.6. The van der Waals surface area contributed by atoms with E-state index in [9.17, 15) is 15.0 Å². The maximum atomic E-state index is 11.6. The number of aliphatic carboxylic acids is 1. The Morgan fingerprint density at radius 1 is 1.25 bits per heavy atom. The van der Waals surface area contributed by atoms with Gasteiger partial charge in [-0.15, -0.1) is 0 Å².